The Kier molecular flexibility index (Phi) is 10.0. The number of hydrogen-bond donors (Lipinski definition) is 5. The van der Waals surface area contributed by atoms with Gasteiger partial charge in [-0.1, -0.05) is 78.9 Å². The largest absolute Gasteiger partial charge is 0.391 e. The summed E-state index contributed by atoms with van der Waals surface area (Å²) in [6.45, 7) is 0.989. The molecule has 0 aliphatic carbocycles. The maximum absolute atomic E-state index is 14.3. The Hall–Kier alpha value is -5.49. The molecule has 1 aromatic heterocycles. The highest BCUT2D eigenvalue weighted by Crippen LogP contribution is 2.24. The van der Waals surface area contributed by atoms with Crippen LogP contribution < -0.4 is 16.0 Å². The highest BCUT2D eigenvalue weighted by Gasteiger charge is 2.42. The third-order valence-corrected chi connectivity index (χ3v) is 9.16. The van der Waals surface area contributed by atoms with Gasteiger partial charge in [0.25, 0.3) is 0 Å². The summed E-state index contributed by atoms with van der Waals surface area (Å²) in [6.07, 6.45) is 0.897. The van der Waals surface area contributed by atoms with E-state index in [1.54, 1.807) is 6.20 Å². The van der Waals surface area contributed by atoms with Crippen molar-refractivity contribution in [3.63, 3.8) is 0 Å². The summed E-state index contributed by atoms with van der Waals surface area (Å²) in [6, 6.07) is 21.9. The fourth-order valence-electron chi connectivity index (χ4n) is 6.59. The second-order valence-corrected chi connectivity index (χ2v) is 12.7. The quantitative estimate of drug-likeness (QED) is 0.218. The molecule has 5 N–H and O–H groups in total. The van der Waals surface area contributed by atoms with Crippen molar-refractivity contribution in [1.29, 1.82) is 0 Å². The Morgan fingerprint density at radius 3 is 2.29 bits per heavy atom. The van der Waals surface area contributed by atoms with E-state index in [2.05, 4.69) is 20.9 Å². The Morgan fingerprint density at radius 2 is 1.53 bits per heavy atom. The zero-order valence-corrected chi connectivity index (χ0v) is 27.2. The number of benzene rings is 3. The van der Waals surface area contributed by atoms with Gasteiger partial charge in [0.1, 0.15) is 18.1 Å². The number of amides is 5. The number of carbonyl (C=O) groups excluding carboxylic acids is 5. The molecule has 0 saturated carbocycles. The number of nitrogens with one attached hydrogen (secondary N) is 4. The Labute approximate surface area is 283 Å². The van der Waals surface area contributed by atoms with Crippen molar-refractivity contribution >= 4 is 40.4 Å². The van der Waals surface area contributed by atoms with Crippen LogP contribution in [-0.4, -0.2) is 93.3 Å². The number of rotatable bonds is 5. The summed E-state index contributed by atoms with van der Waals surface area (Å²) in [5, 5.41) is 20.0. The number of aliphatic hydroxyl groups is 1. The second-order valence-electron chi connectivity index (χ2n) is 12.7. The molecule has 3 aromatic carbocycles. The number of hydrogen-bond acceptors (Lipinski definition) is 6. The molecule has 12 nitrogen and oxygen atoms in total. The van der Waals surface area contributed by atoms with Gasteiger partial charge in [-0.25, -0.2) is 0 Å². The number of aliphatic hydroxyl groups excluding tert-OH is 1. The Morgan fingerprint density at radius 1 is 0.837 bits per heavy atom. The fourth-order valence-corrected chi connectivity index (χ4v) is 6.59. The number of carbonyl (C=O) groups is 5. The highest BCUT2D eigenvalue weighted by molar-refractivity contribution is 5.96. The lowest BCUT2D eigenvalue weighted by molar-refractivity contribution is -0.142. The van der Waals surface area contributed by atoms with Gasteiger partial charge in [-0.15, -0.1) is 0 Å². The number of fused-ring (bicyclic) bond motifs is 2. The summed E-state index contributed by atoms with van der Waals surface area (Å²) >= 11 is 0. The van der Waals surface area contributed by atoms with Crippen molar-refractivity contribution in [3.05, 3.63) is 108 Å². The number of para-hydroxylation sites is 1. The molecule has 4 aromatic rings. The molecule has 2 aliphatic rings. The third-order valence-electron chi connectivity index (χ3n) is 9.16. The molecule has 5 amide bonds. The van der Waals surface area contributed by atoms with E-state index < -0.39 is 53.9 Å². The number of aromatic amines is 1. The van der Waals surface area contributed by atoms with Crippen LogP contribution in [0.2, 0.25) is 0 Å². The predicted octanol–water partition coefficient (Wildman–Crippen LogP) is 1.60. The fraction of sp³-hybridized carbons (Fsp3) is 0.324. The molecule has 3 heterocycles. The van der Waals surface area contributed by atoms with Gasteiger partial charge in [0, 0.05) is 43.0 Å². The van der Waals surface area contributed by atoms with E-state index in [1.807, 2.05) is 84.9 Å². The Balaban J connectivity index is 1.37. The SMILES string of the molecule is C[C@@H]1NC(=O)[C@@H]2C[C@@H](O)CN2C(=O)[C@@H](Cc2c[nH]c3ccccc23)NC(=O)CN(C(=O)Cc2ccccc2)C[C@@H](c2ccccc2)NC1=O. The first kappa shape index (κ1) is 33.4. The van der Waals surface area contributed by atoms with Crippen molar-refractivity contribution in [2.45, 2.75) is 56.5 Å². The van der Waals surface area contributed by atoms with E-state index in [0.717, 1.165) is 22.0 Å². The molecular weight excluding hydrogens is 624 g/mol. The molecule has 2 aliphatic heterocycles. The highest BCUT2D eigenvalue weighted by atomic mass is 16.3. The summed E-state index contributed by atoms with van der Waals surface area (Å²) in [5.41, 5.74) is 3.09. The average molecular weight is 665 g/mol. The molecule has 49 heavy (non-hydrogen) atoms. The van der Waals surface area contributed by atoms with E-state index in [-0.39, 0.29) is 44.8 Å². The smallest absolute Gasteiger partial charge is 0.246 e. The van der Waals surface area contributed by atoms with Gasteiger partial charge in [0.05, 0.1) is 25.1 Å². The van der Waals surface area contributed by atoms with Crippen molar-refractivity contribution in [2.24, 2.45) is 0 Å². The molecule has 0 bridgehead atoms. The molecule has 2 saturated heterocycles. The first-order valence-electron chi connectivity index (χ1n) is 16.5. The van der Waals surface area contributed by atoms with Crippen LogP contribution in [0.1, 0.15) is 36.1 Å². The van der Waals surface area contributed by atoms with Gasteiger partial charge >= 0.3 is 0 Å². The first-order valence-corrected chi connectivity index (χ1v) is 16.5. The van der Waals surface area contributed by atoms with Gasteiger partial charge in [-0.2, -0.15) is 0 Å². The van der Waals surface area contributed by atoms with Gasteiger partial charge in [-0.05, 0) is 29.7 Å². The number of H-pyrrole nitrogens is 1. The van der Waals surface area contributed by atoms with Gasteiger partial charge < -0.3 is 35.8 Å². The monoisotopic (exact) mass is 664 g/mol. The second kappa shape index (κ2) is 14.7. The molecular formula is C37H40N6O6. The number of nitrogens with zero attached hydrogens (tertiary/aromatic N) is 2. The lowest BCUT2D eigenvalue weighted by atomic mass is 10.0. The van der Waals surface area contributed by atoms with E-state index in [4.69, 9.17) is 0 Å². The maximum Gasteiger partial charge on any atom is 0.246 e. The van der Waals surface area contributed by atoms with Crippen LogP contribution in [0.3, 0.4) is 0 Å². The van der Waals surface area contributed by atoms with Gasteiger partial charge in [-0.3, -0.25) is 24.0 Å². The summed E-state index contributed by atoms with van der Waals surface area (Å²) in [7, 11) is 0. The lowest BCUT2D eigenvalue weighted by Gasteiger charge is -2.30. The van der Waals surface area contributed by atoms with Crippen molar-refractivity contribution in [3.8, 4) is 0 Å². The van der Waals surface area contributed by atoms with Crippen LogP contribution in [0.5, 0.6) is 0 Å². The molecule has 6 rings (SSSR count). The molecule has 0 unspecified atom stereocenters. The van der Waals surface area contributed by atoms with Crippen LogP contribution in [0, 0.1) is 0 Å². The van der Waals surface area contributed by atoms with Crippen molar-refractivity contribution in [1.82, 2.24) is 30.7 Å². The minimum absolute atomic E-state index is 0.0150. The molecule has 5 atom stereocenters. The molecule has 0 radical (unpaired) electrons. The standard InChI is InChI=1S/C37H40N6O6/c1-23-35(47)41-31(25-12-6-3-7-13-25)21-42(34(46)16-24-10-4-2-5-11-24)22-33(45)40-30(17-26-19-38-29-15-9-8-14-28(26)29)37(49)43-20-27(44)18-32(43)36(48)39-23/h2-15,19,23,27,30-32,38,44H,16-18,20-22H2,1H3,(H,39,48)(H,40,45)(H,41,47)/t23-,27+,30+,31-,32-/m0/s1. The summed E-state index contributed by atoms with van der Waals surface area (Å²) in [5.74, 6) is -2.57. The number of aromatic nitrogens is 1. The third kappa shape index (κ3) is 7.81. The summed E-state index contributed by atoms with van der Waals surface area (Å²) < 4.78 is 0. The molecule has 2 fully saturated rings. The normalized spacial score (nSPS) is 24.0. The van der Waals surface area contributed by atoms with Crippen LogP contribution >= 0.6 is 0 Å². The van der Waals surface area contributed by atoms with E-state index in [9.17, 15) is 29.1 Å². The van der Waals surface area contributed by atoms with Crippen molar-refractivity contribution < 1.29 is 29.1 Å². The molecule has 254 valence electrons. The zero-order valence-electron chi connectivity index (χ0n) is 27.2. The van der Waals surface area contributed by atoms with E-state index in [1.165, 1.54) is 16.7 Å². The van der Waals surface area contributed by atoms with Crippen molar-refractivity contribution in [2.75, 3.05) is 19.6 Å². The Bertz CT molecular complexity index is 1830. The predicted molar refractivity (Wildman–Crippen MR) is 182 cm³/mol. The van der Waals surface area contributed by atoms with Crippen LogP contribution in [0.4, 0.5) is 0 Å². The minimum Gasteiger partial charge on any atom is -0.391 e. The first-order chi connectivity index (χ1) is 23.7. The minimum atomic E-state index is -1.12. The van der Waals surface area contributed by atoms with Crippen LogP contribution in [-0.2, 0) is 36.8 Å². The summed E-state index contributed by atoms with van der Waals surface area (Å²) in [4.78, 5) is 75.0. The van der Waals surface area contributed by atoms with E-state index in [0.29, 0.717) is 5.56 Å². The van der Waals surface area contributed by atoms with Crippen LogP contribution in [0.15, 0.2) is 91.1 Å². The van der Waals surface area contributed by atoms with Crippen LogP contribution in [0.25, 0.3) is 10.9 Å². The topological polar surface area (TPSA) is 164 Å². The zero-order chi connectivity index (χ0) is 34.5. The maximum atomic E-state index is 14.3. The average Bonchev–Trinajstić information content (AvgIpc) is 3.70. The lowest BCUT2D eigenvalue weighted by Crippen LogP contribution is -2.56. The molecule has 12 heteroatoms. The molecule has 0 spiro atoms. The van der Waals surface area contributed by atoms with Gasteiger partial charge in [0.15, 0.2) is 0 Å². The van der Waals surface area contributed by atoms with E-state index >= 15 is 0 Å². The van der Waals surface area contributed by atoms with Gasteiger partial charge in [0.2, 0.25) is 29.5 Å².